The molecule has 0 aromatic heterocycles. The number of hydrogen-bond acceptors (Lipinski definition) is 6. The standard InChI is InChI=1S/C19H13NO6/c20-19(26)15-11(22)6-9-5-8-4-7-2-1-3-10(21)12(7)16(23)13(8)17(24)14(9)18(15)25/h1-6,21-25H,(H2,20,26). The molecule has 26 heavy (non-hydrogen) atoms. The molecule has 1 amide bonds. The Balaban J connectivity index is 2.28. The fourth-order valence-electron chi connectivity index (χ4n) is 3.37. The van der Waals surface area contributed by atoms with Gasteiger partial charge in [-0.25, -0.2) is 0 Å². The minimum atomic E-state index is -1.07. The molecular formula is C19H13NO6. The molecule has 0 saturated carbocycles. The first-order chi connectivity index (χ1) is 12.3. The first-order valence-electron chi connectivity index (χ1n) is 7.59. The van der Waals surface area contributed by atoms with Crippen molar-refractivity contribution in [3.05, 3.63) is 42.0 Å². The fourth-order valence-corrected chi connectivity index (χ4v) is 3.37. The highest BCUT2D eigenvalue weighted by Crippen LogP contribution is 2.49. The molecule has 0 atom stereocenters. The lowest BCUT2D eigenvalue weighted by atomic mass is 9.95. The van der Waals surface area contributed by atoms with Crippen LogP contribution in [0.25, 0.3) is 32.3 Å². The molecular weight excluding hydrogens is 338 g/mol. The zero-order valence-electron chi connectivity index (χ0n) is 13.2. The van der Waals surface area contributed by atoms with Crippen LogP contribution in [0, 0.1) is 0 Å². The van der Waals surface area contributed by atoms with E-state index in [1.165, 1.54) is 18.2 Å². The maximum Gasteiger partial charge on any atom is 0.256 e. The van der Waals surface area contributed by atoms with E-state index in [1.807, 2.05) is 0 Å². The van der Waals surface area contributed by atoms with Gasteiger partial charge in [0.15, 0.2) is 0 Å². The summed E-state index contributed by atoms with van der Waals surface area (Å²) in [4.78, 5) is 11.5. The molecule has 0 unspecified atom stereocenters. The molecule has 7 N–H and O–H groups in total. The molecule has 0 aliphatic rings. The highest BCUT2D eigenvalue weighted by Gasteiger charge is 2.23. The molecule has 4 aromatic carbocycles. The predicted octanol–water partition coefficient (Wildman–Crippen LogP) is 2.77. The van der Waals surface area contributed by atoms with Crippen LogP contribution < -0.4 is 5.73 Å². The van der Waals surface area contributed by atoms with Gasteiger partial charge >= 0.3 is 0 Å². The highest BCUT2D eigenvalue weighted by molar-refractivity contribution is 6.18. The SMILES string of the molecule is NC(=O)c1c(O)cc2cc3cc4cccc(O)c4c(O)c3c(O)c2c1O. The van der Waals surface area contributed by atoms with E-state index in [0.717, 1.165) is 0 Å². The summed E-state index contributed by atoms with van der Waals surface area (Å²) in [6.45, 7) is 0. The van der Waals surface area contributed by atoms with E-state index in [0.29, 0.717) is 10.8 Å². The molecule has 7 nitrogen and oxygen atoms in total. The molecule has 4 aromatic rings. The lowest BCUT2D eigenvalue weighted by molar-refractivity contribution is 0.0995. The third-order valence-corrected chi connectivity index (χ3v) is 4.49. The van der Waals surface area contributed by atoms with Crippen LogP contribution in [-0.4, -0.2) is 31.4 Å². The Hall–Kier alpha value is -3.87. The normalized spacial score (nSPS) is 11.4. The topological polar surface area (TPSA) is 144 Å². The van der Waals surface area contributed by atoms with Gasteiger partial charge in [-0.05, 0) is 40.4 Å². The van der Waals surface area contributed by atoms with Crippen LogP contribution in [-0.2, 0) is 0 Å². The molecule has 130 valence electrons. The first kappa shape index (κ1) is 15.6. The van der Waals surface area contributed by atoms with Crippen LogP contribution in [0.5, 0.6) is 28.7 Å². The van der Waals surface area contributed by atoms with Crippen molar-refractivity contribution in [2.45, 2.75) is 0 Å². The fraction of sp³-hybridized carbons (Fsp3) is 0. The van der Waals surface area contributed by atoms with E-state index in [-0.39, 0.29) is 33.0 Å². The van der Waals surface area contributed by atoms with E-state index in [9.17, 15) is 30.3 Å². The Morgan fingerprint density at radius 3 is 1.96 bits per heavy atom. The van der Waals surface area contributed by atoms with Gasteiger partial charge < -0.3 is 31.3 Å². The summed E-state index contributed by atoms with van der Waals surface area (Å²) >= 11 is 0. The summed E-state index contributed by atoms with van der Waals surface area (Å²) in [5.41, 5.74) is 4.64. The maximum atomic E-state index is 11.5. The molecule has 0 fully saturated rings. The molecule has 4 rings (SSSR count). The number of carbonyl (C=O) groups is 1. The van der Waals surface area contributed by atoms with Gasteiger partial charge in [-0.15, -0.1) is 0 Å². The van der Waals surface area contributed by atoms with Crippen molar-refractivity contribution in [2.24, 2.45) is 5.73 Å². The number of rotatable bonds is 1. The lowest BCUT2D eigenvalue weighted by Crippen LogP contribution is -2.11. The molecule has 0 aliphatic carbocycles. The first-order valence-corrected chi connectivity index (χ1v) is 7.59. The summed E-state index contributed by atoms with van der Waals surface area (Å²) in [5, 5.41) is 52.8. The van der Waals surface area contributed by atoms with Gasteiger partial charge in [0.05, 0.1) is 16.2 Å². The van der Waals surface area contributed by atoms with E-state index < -0.39 is 28.7 Å². The van der Waals surface area contributed by atoms with Crippen LogP contribution in [0.3, 0.4) is 0 Å². The van der Waals surface area contributed by atoms with Gasteiger partial charge in [0.25, 0.3) is 5.91 Å². The summed E-state index contributed by atoms with van der Waals surface area (Å²) in [5.74, 6) is -3.33. The van der Waals surface area contributed by atoms with Gasteiger partial charge in [0, 0.05) is 0 Å². The van der Waals surface area contributed by atoms with Crippen molar-refractivity contribution in [1.82, 2.24) is 0 Å². The van der Waals surface area contributed by atoms with Gasteiger partial charge in [-0.3, -0.25) is 4.79 Å². The van der Waals surface area contributed by atoms with Crippen molar-refractivity contribution in [3.8, 4) is 28.7 Å². The Kier molecular flexibility index (Phi) is 3.05. The van der Waals surface area contributed by atoms with Crippen molar-refractivity contribution in [3.63, 3.8) is 0 Å². The van der Waals surface area contributed by atoms with Crippen molar-refractivity contribution in [1.29, 1.82) is 0 Å². The Morgan fingerprint density at radius 1 is 0.692 bits per heavy atom. The third kappa shape index (κ3) is 1.91. The lowest BCUT2D eigenvalue weighted by Gasteiger charge is -2.14. The average molecular weight is 351 g/mol. The smallest absolute Gasteiger partial charge is 0.256 e. The number of phenolic OH excluding ortho intramolecular Hbond substituents is 3. The summed E-state index contributed by atoms with van der Waals surface area (Å²) in [7, 11) is 0. The van der Waals surface area contributed by atoms with Crippen LogP contribution in [0.15, 0.2) is 36.4 Å². The quantitative estimate of drug-likeness (QED) is 0.291. The zero-order chi connectivity index (χ0) is 18.7. The average Bonchev–Trinajstić information content (AvgIpc) is 2.53. The second kappa shape index (κ2) is 5.06. The predicted molar refractivity (Wildman–Crippen MR) is 95.8 cm³/mol. The third-order valence-electron chi connectivity index (χ3n) is 4.49. The Labute approximate surface area is 145 Å². The van der Waals surface area contributed by atoms with Crippen molar-refractivity contribution >= 4 is 38.2 Å². The number of carbonyl (C=O) groups excluding carboxylic acids is 1. The zero-order valence-corrected chi connectivity index (χ0v) is 13.2. The highest BCUT2D eigenvalue weighted by atomic mass is 16.3. The molecule has 7 heteroatoms. The minimum Gasteiger partial charge on any atom is -0.507 e. The number of hydrogen-bond donors (Lipinski definition) is 6. The van der Waals surface area contributed by atoms with Crippen LogP contribution in [0.1, 0.15) is 10.4 Å². The number of primary amides is 1. The van der Waals surface area contributed by atoms with Crippen LogP contribution in [0.2, 0.25) is 0 Å². The van der Waals surface area contributed by atoms with Gasteiger partial charge in [0.2, 0.25) is 0 Å². The van der Waals surface area contributed by atoms with Gasteiger partial charge in [-0.1, -0.05) is 12.1 Å². The number of benzene rings is 4. The Morgan fingerprint density at radius 2 is 1.27 bits per heavy atom. The molecule has 0 bridgehead atoms. The Bertz CT molecular complexity index is 1260. The van der Waals surface area contributed by atoms with Crippen molar-refractivity contribution < 1.29 is 30.3 Å². The number of nitrogens with two attached hydrogens (primary N) is 1. The number of fused-ring (bicyclic) bond motifs is 3. The molecule has 0 saturated heterocycles. The minimum absolute atomic E-state index is 0.0112. The number of amides is 1. The van der Waals surface area contributed by atoms with E-state index in [2.05, 4.69) is 0 Å². The monoisotopic (exact) mass is 351 g/mol. The van der Waals surface area contributed by atoms with E-state index in [1.54, 1.807) is 18.2 Å². The molecule has 0 heterocycles. The second-order valence-corrected chi connectivity index (χ2v) is 6.01. The number of phenols is 5. The molecule has 0 radical (unpaired) electrons. The van der Waals surface area contributed by atoms with Crippen LogP contribution in [0.4, 0.5) is 0 Å². The number of aromatic hydroxyl groups is 5. The van der Waals surface area contributed by atoms with Gasteiger partial charge in [0.1, 0.15) is 34.3 Å². The van der Waals surface area contributed by atoms with E-state index >= 15 is 0 Å². The van der Waals surface area contributed by atoms with Crippen molar-refractivity contribution in [2.75, 3.05) is 0 Å². The summed E-state index contributed by atoms with van der Waals surface area (Å²) < 4.78 is 0. The van der Waals surface area contributed by atoms with Crippen LogP contribution >= 0.6 is 0 Å². The second-order valence-electron chi connectivity index (χ2n) is 6.01. The van der Waals surface area contributed by atoms with Gasteiger partial charge in [-0.2, -0.15) is 0 Å². The molecule has 0 aliphatic heterocycles. The summed E-state index contributed by atoms with van der Waals surface area (Å²) in [6, 6.07) is 9.04. The largest absolute Gasteiger partial charge is 0.507 e. The molecule has 0 spiro atoms. The van der Waals surface area contributed by atoms with E-state index in [4.69, 9.17) is 5.73 Å². The maximum absolute atomic E-state index is 11.5. The summed E-state index contributed by atoms with van der Waals surface area (Å²) in [6.07, 6.45) is 0.